The highest BCUT2D eigenvalue weighted by atomic mass is 32.2. The van der Waals surface area contributed by atoms with E-state index in [4.69, 9.17) is 17.3 Å². The number of carbonyl (C=O) groups excluding carboxylic acids is 2. The van der Waals surface area contributed by atoms with Gasteiger partial charge in [0.15, 0.2) is 0 Å². The first-order valence-corrected chi connectivity index (χ1v) is 8.88. The van der Waals surface area contributed by atoms with Crippen molar-refractivity contribution >= 4 is 52.2 Å². The van der Waals surface area contributed by atoms with Crippen LogP contribution in [-0.4, -0.2) is 44.7 Å². The molecule has 0 aliphatic carbocycles. The molecule has 8 heteroatoms. The quantitative estimate of drug-likeness (QED) is 0.583. The molecule has 1 aromatic rings. The van der Waals surface area contributed by atoms with Crippen molar-refractivity contribution in [2.24, 2.45) is 0 Å². The molecule has 1 unspecified atom stereocenters. The average molecular weight is 378 g/mol. The number of hydrogen-bond acceptors (Lipinski definition) is 5. The minimum absolute atomic E-state index is 0.257. The number of rotatable bonds is 6. The van der Waals surface area contributed by atoms with Crippen LogP contribution in [0.3, 0.4) is 0 Å². The minimum Gasteiger partial charge on any atom is -0.480 e. The van der Waals surface area contributed by atoms with Crippen LogP contribution in [0.2, 0.25) is 0 Å². The van der Waals surface area contributed by atoms with Crippen molar-refractivity contribution in [1.29, 1.82) is 0 Å². The van der Waals surface area contributed by atoms with E-state index in [1.165, 1.54) is 4.90 Å². The van der Waals surface area contributed by atoms with E-state index in [-0.39, 0.29) is 23.2 Å². The molecule has 1 heterocycles. The molecule has 25 heavy (non-hydrogen) atoms. The third-order valence-electron chi connectivity index (χ3n) is 3.59. The molecule has 2 amide bonds. The lowest BCUT2D eigenvalue weighted by Crippen LogP contribution is -2.46. The van der Waals surface area contributed by atoms with E-state index in [1.54, 1.807) is 13.0 Å². The number of thiocarbonyl (C=S) groups is 1. The second-order valence-electron chi connectivity index (χ2n) is 5.55. The van der Waals surface area contributed by atoms with Crippen LogP contribution >= 0.6 is 24.0 Å². The van der Waals surface area contributed by atoms with Crippen molar-refractivity contribution in [2.75, 3.05) is 6.54 Å². The summed E-state index contributed by atoms with van der Waals surface area (Å²) in [4.78, 5) is 37.1. The Kier molecular flexibility index (Phi) is 6.33. The van der Waals surface area contributed by atoms with Crippen molar-refractivity contribution in [3.05, 3.63) is 40.3 Å². The van der Waals surface area contributed by atoms with E-state index >= 15 is 0 Å². The number of carboxylic acid groups (broad SMARTS) is 1. The lowest BCUT2D eigenvalue weighted by Gasteiger charge is -2.17. The third kappa shape index (κ3) is 4.90. The molecule has 1 saturated heterocycles. The molecule has 1 aliphatic rings. The fraction of sp³-hybridized carbons (Fsp3) is 0.294. The van der Waals surface area contributed by atoms with E-state index < -0.39 is 17.9 Å². The topological polar surface area (TPSA) is 86.7 Å². The number of thioether (sulfide) groups is 1. The number of carboxylic acids is 1. The number of amides is 2. The largest absolute Gasteiger partial charge is 0.480 e. The molecule has 132 valence electrons. The van der Waals surface area contributed by atoms with Gasteiger partial charge in [0.1, 0.15) is 16.9 Å². The standard InChI is InChI=1S/C17H18N2O4S2/c1-3-12(16(22)23)18-14(20)9-19-15(21)13(25-17(19)24)8-11-6-4-10(2)5-7-11/h4-8,12H,3,9H2,1-2H3,(H,18,20)(H,22,23)/b13-8-. The molecule has 1 aromatic carbocycles. The van der Waals surface area contributed by atoms with Gasteiger partial charge in [-0.3, -0.25) is 14.5 Å². The average Bonchev–Trinajstić information content (AvgIpc) is 2.82. The Morgan fingerprint density at radius 3 is 2.56 bits per heavy atom. The van der Waals surface area contributed by atoms with E-state index in [9.17, 15) is 14.4 Å². The number of benzene rings is 1. The Labute approximate surface area is 155 Å². The molecule has 2 N–H and O–H groups in total. The SMILES string of the molecule is CCC(NC(=O)CN1C(=O)/C(=C/c2ccc(C)cc2)SC1=S)C(=O)O. The molecule has 0 aromatic heterocycles. The number of nitrogens with zero attached hydrogens (tertiary/aromatic N) is 1. The summed E-state index contributed by atoms with van der Waals surface area (Å²) in [5.41, 5.74) is 1.98. The van der Waals surface area contributed by atoms with Crippen molar-refractivity contribution in [2.45, 2.75) is 26.3 Å². The van der Waals surface area contributed by atoms with Crippen LogP contribution in [0.1, 0.15) is 24.5 Å². The molecule has 1 atom stereocenters. The van der Waals surface area contributed by atoms with E-state index in [1.807, 2.05) is 31.2 Å². The van der Waals surface area contributed by atoms with Crippen LogP contribution in [0.15, 0.2) is 29.2 Å². The normalized spacial score (nSPS) is 17.0. The van der Waals surface area contributed by atoms with E-state index in [0.717, 1.165) is 22.9 Å². The lowest BCUT2D eigenvalue weighted by atomic mass is 10.1. The molecule has 0 saturated carbocycles. The Morgan fingerprint density at radius 1 is 1.36 bits per heavy atom. The van der Waals surface area contributed by atoms with Crippen molar-refractivity contribution in [3.63, 3.8) is 0 Å². The van der Waals surface area contributed by atoms with Gasteiger partial charge in [-0.15, -0.1) is 0 Å². The van der Waals surface area contributed by atoms with Gasteiger partial charge in [0, 0.05) is 0 Å². The number of aliphatic carboxylic acids is 1. The summed E-state index contributed by atoms with van der Waals surface area (Å²) < 4.78 is 0.280. The molecule has 0 bridgehead atoms. The van der Waals surface area contributed by atoms with Gasteiger partial charge < -0.3 is 10.4 Å². The van der Waals surface area contributed by atoms with E-state index in [2.05, 4.69) is 5.32 Å². The second-order valence-corrected chi connectivity index (χ2v) is 7.22. The Hall–Kier alpha value is -2.19. The van der Waals surface area contributed by atoms with E-state index in [0.29, 0.717) is 4.91 Å². The first-order valence-electron chi connectivity index (χ1n) is 7.66. The van der Waals surface area contributed by atoms with Gasteiger partial charge in [-0.25, -0.2) is 4.79 Å². The van der Waals surface area contributed by atoms with Crippen LogP contribution in [0, 0.1) is 6.92 Å². The first kappa shape index (κ1) is 19.1. The minimum atomic E-state index is -1.11. The van der Waals surface area contributed by atoms with Crippen molar-refractivity contribution in [3.8, 4) is 0 Å². The van der Waals surface area contributed by atoms with Crippen LogP contribution in [0.5, 0.6) is 0 Å². The predicted molar refractivity (Wildman–Crippen MR) is 101 cm³/mol. The maximum absolute atomic E-state index is 12.5. The molecule has 2 rings (SSSR count). The fourth-order valence-corrected chi connectivity index (χ4v) is 3.43. The van der Waals surface area contributed by atoms with Gasteiger partial charge in [-0.05, 0) is 25.0 Å². The highest BCUT2D eigenvalue weighted by Gasteiger charge is 2.34. The summed E-state index contributed by atoms with van der Waals surface area (Å²) in [5, 5.41) is 11.4. The first-order chi connectivity index (χ1) is 11.8. The Morgan fingerprint density at radius 2 is 2.00 bits per heavy atom. The summed E-state index contributed by atoms with van der Waals surface area (Å²) in [7, 11) is 0. The summed E-state index contributed by atoms with van der Waals surface area (Å²) >= 11 is 6.30. The van der Waals surface area contributed by atoms with Gasteiger partial charge >= 0.3 is 5.97 Å². The molecular weight excluding hydrogens is 360 g/mol. The van der Waals surface area contributed by atoms with Crippen LogP contribution in [-0.2, 0) is 14.4 Å². The number of aryl methyl sites for hydroxylation is 1. The Bertz CT molecular complexity index is 744. The molecule has 6 nitrogen and oxygen atoms in total. The van der Waals surface area contributed by atoms with Crippen LogP contribution in [0.25, 0.3) is 6.08 Å². The molecule has 0 spiro atoms. The second kappa shape index (κ2) is 8.26. The smallest absolute Gasteiger partial charge is 0.326 e. The number of hydrogen-bond donors (Lipinski definition) is 2. The Balaban J connectivity index is 2.07. The molecular formula is C17H18N2O4S2. The third-order valence-corrected chi connectivity index (χ3v) is 4.97. The van der Waals surface area contributed by atoms with Crippen molar-refractivity contribution in [1.82, 2.24) is 10.2 Å². The zero-order valence-corrected chi connectivity index (χ0v) is 15.4. The maximum Gasteiger partial charge on any atom is 0.326 e. The summed E-state index contributed by atoms with van der Waals surface area (Å²) in [5.74, 6) is -2.02. The highest BCUT2D eigenvalue weighted by molar-refractivity contribution is 8.26. The zero-order chi connectivity index (χ0) is 18.6. The van der Waals surface area contributed by atoms with Gasteiger partial charge in [-0.1, -0.05) is 60.7 Å². The molecule has 0 radical (unpaired) electrons. The predicted octanol–water partition coefficient (Wildman–Crippen LogP) is 2.18. The summed E-state index contributed by atoms with van der Waals surface area (Å²) in [6.45, 7) is 3.34. The summed E-state index contributed by atoms with van der Waals surface area (Å²) in [6.07, 6.45) is 1.98. The lowest BCUT2D eigenvalue weighted by molar-refractivity contribution is -0.142. The molecule has 1 aliphatic heterocycles. The highest BCUT2D eigenvalue weighted by Crippen LogP contribution is 2.32. The van der Waals surface area contributed by atoms with Crippen LogP contribution < -0.4 is 5.32 Å². The van der Waals surface area contributed by atoms with Gasteiger partial charge in [0.25, 0.3) is 5.91 Å². The van der Waals surface area contributed by atoms with Gasteiger partial charge in [0.2, 0.25) is 5.91 Å². The number of nitrogens with one attached hydrogen (secondary N) is 1. The van der Waals surface area contributed by atoms with Gasteiger partial charge in [-0.2, -0.15) is 0 Å². The number of carbonyl (C=O) groups is 3. The monoisotopic (exact) mass is 378 g/mol. The zero-order valence-electron chi connectivity index (χ0n) is 13.8. The van der Waals surface area contributed by atoms with Crippen LogP contribution in [0.4, 0.5) is 0 Å². The van der Waals surface area contributed by atoms with Gasteiger partial charge in [0.05, 0.1) is 4.91 Å². The van der Waals surface area contributed by atoms with Crippen molar-refractivity contribution < 1.29 is 19.5 Å². The summed E-state index contributed by atoms with van der Waals surface area (Å²) in [6, 6.07) is 6.70. The maximum atomic E-state index is 12.5. The fourth-order valence-electron chi connectivity index (χ4n) is 2.17. The molecule has 1 fully saturated rings.